The van der Waals surface area contributed by atoms with E-state index in [9.17, 15) is 0 Å². The summed E-state index contributed by atoms with van der Waals surface area (Å²) < 4.78 is 15.5. The Morgan fingerprint density at radius 1 is 1.13 bits per heavy atom. The van der Waals surface area contributed by atoms with Gasteiger partial charge in [-0.3, -0.25) is 0 Å². The number of ether oxygens (including phenoxy) is 2. The van der Waals surface area contributed by atoms with Gasteiger partial charge in [0.2, 0.25) is 11.3 Å². The molecule has 1 N–H and O–H groups in total. The van der Waals surface area contributed by atoms with E-state index in [0.717, 1.165) is 49.9 Å². The number of nitrogens with zero attached hydrogens (tertiary/aromatic N) is 6. The maximum Gasteiger partial charge on any atom is 0.245 e. The Hall–Kier alpha value is -3.14. The molecule has 3 heterocycles. The number of methoxy groups -OCH3 is 2. The lowest BCUT2D eigenvalue weighted by atomic mass is 10.1. The van der Waals surface area contributed by atoms with Gasteiger partial charge >= 0.3 is 0 Å². The van der Waals surface area contributed by atoms with Gasteiger partial charge < -0.3 is 24.6 Å². The van der Waals surface area contributed by atoms with Gasteiger partial charge in [-0.15, -0.1) is 0 Å². The first kappa shape index (κ1) is 20.1. The Morgan fingerprint density at radius 2 is 1.93 bits per heavy atom. The summed E-state index contributed by atoms with van der Waals surface area (Å²) in [6, 6.07) is 8.31. The van der Waals surface area contributed by atoms with Crippen molar-refractivity contribution in [1.29, 1.82) is 0 Å². The molecule has 30 heavy (non-hydrogen) atoms. The standard InChI is InChI=1S/C20H27N7O3/c1-14-13-26(15-7-4-5-8-16(15)29-3)10-11-27(14)20-19(21-9-6-12-28-2)22-17-18(23-20)25-30-24-17/h4-5,7-8,14H,6,9-13H2,1-3H3,(H,21,22,24)/t14-/m1/s1. The number of benzene rings is 1. The van der Waals surface area contributed by atoms with Gasteiger partial charge in [0.05, 0.1) is 12.8 Å². The third kappa shape index (κ3) is 4.09. The topological polar surface area (TPSA) is 102 Å². The molecule has 0 spiro atoms. The van der Waals surface area contributed by atoms with Crippen LogP contribution < -0.4 is 19.9 Å². The highest BCUT2D eigenvalue weighted by atomic mass is 16.6. The van der Waals surface area contributed by atoms with Crippen LogP contribution in [0.2, 0.25) is 0 Å². The summed E-state index contributed by atoms with van der Waals surface area (Å²) in [5, 5.41) is 11.1. The van der Waals surface area contributed by atoms with Crippen molar-refractivity contribution in [2.24, 2.45) is 0 Å². The molecule has 0 saturated carbocycles. The Balaban J connectivity index is 1.56. The molecule has 2 aromatic heterocycles. The van der Waals surface area contributed by atoms with Gasteiger partial charge in [-0.05, 0) is 35.8 Å². The van der Waals surface area contributed by atoms with Gasteiger partial charge in [0.25, 0.3) is 0 Å². The van der Waals surface area contributed by atoms with E-state index < -0.39 is 0 Å². The molecule has 10 heteroatoms. The minimum absolute atomic E-state index is 0.204. The van der Waals surface area contributed by atoms with Crippen LogP contribution in [0.25, 0.3) is 11.3 Å². The summed E-state index contributed by atoms with van der Waals surface area (Å²) in [7, 11) is 3.40. The fourth-order valence-electron chi connectivity index (χ4n) is 3.75. The molecule has 3 aromatic rings. The summed E-state index contributed by atoms with van der Waals surface area (Å²) in [4.78, 5) is 13.9. The van der Waals surface area contributed by atoms with Gasteiger partial charge in [0.1, 0.15) is 5.75 Å². The van der Waals surface area contributed by atoms with Crippen molar-refractivity contribution in [1.82, 2.24) is 20.3 Å². The number of fused-ring (bicyclic) bond motifs is 1. The van der Waals surface area contributed by atoms with Crippen LogP contribution in [0.3, 0.4) is 0 Å². The van der Waals surface area contributed by atoms with Crippen molar-refractivity contribution in [2.75, 3.05) is 62.1 Å². The lowest BCUT2D eigenvalue weighted by Crippen LogP contribution is -2.52. The van der Waals surface area contributed by atoms with Gasteiger partial charge in [-0.1, -0.05) is 12.1 Å². The van der Waals surface area contributed by atoms with E-state index in [2.05, 4.69) is 43.4 Å². The molecular weight excluding hydrogens is 386 g/mol. The Labute approximate surface area is 175 Å². The number of hydrogen-bond acceptors (Lipinski definition) is 10. The largest absolute Gasteiger partial charge is 0.495 e. The molecule has 0 radical (unpaired) electrons. The first-order valence-electron chi connectivity index (χ1n) is 10.1. The van der Waals surface area contributed by atoms with E-state index in [-0.39, 0.29) is 6.04 Å². The molecule has 1 atom stereocenters. The fourth-order valence-corrected chi connectivity index (χ4v) is 3.75. The van der Waals surface area contributed by atoms with Gasteiger partial charge in [-0.2, -0.15) is 0 Å². The number of piperazine rings is 1. The molecule has 1 aliphatic heterocycles. The Morgan fingerprint density at radius 3 is 2.70 bits per heavy atom. The van der Waals surface area contributed by atoms with Crippen molar-refractivity contribution in [3.63, 3.8) is 0 Å². The van der Waals surface area contributed by atoms with E-state index in [4.69, 9.17) is 19.1 Å². The minimum Gasteiger partial charge on any atom is -0.495 e. The normalized spacial score (nSPS) is 16.8. The fraction of sp³-hybridized carbons (Fsp3) is 0.500. The van der Waals surface area contributed by atoms with Crippen LogP contribution in [-0.4, -0.2) is 73.3 Å². The van der Waals surface area contributed by atoms with Crippen LogP contribution in [0.4, 0.5) is 17.3 Å². The monoisotopic (exact) mass is 413 g/mol. The second kappa shape index (κ2) is 9.12. The van der Waals surface area contributed by atoms with Crippen LogP contribution in [-0.2, 0) is 4.74 Å². The highest BCUT2D eigenvalue weighted by Crippen LogP contribution is 2.32. The highest BCUT2D eigenvalue weighted by Gasteiger charge is 2.29. The second-order valence-electron chi connectivity index (χ2n) is 7.24. The lowest BCUT2D eigenvalue weighted by Gasteiger charge is -2.42. The van der Waals surface area contributed by atoms with Crippen molar-refractivity contribution in [3.05, 3.63) is 24.3 Å². The molecule has 1 aliphatic rings. The number of para-hydroxylation sites is 2. The zero-order valence-corrected chi connectivity index (χ0v) is 17.5. The molecule has 0 aliphatic carbocycles. The number of rotatable bonds is 8. The summed E-state index contributed by atoms with van der Waals surface area (Å²) in [6.45, 7) is 6.05. The van der Waals surface area contributed by atoms with Crippen molar-refractivity contribution >= 4 is 28.6 Å². The molecule has 160 valence electrons. The number of hydrogen-bond donors (Lipinski definition) is 1. The zero-order chi connectivity index (χ0) is 20.9. The van der Waals surface area contributed by atoms with Gasteiger partial charge in [0.15, 0.2) is 11.6 Å². The van der Waals surface area contributed by atoms with Crippen LogP contribution in [0.1, 0.15) is 13.3 Å². The Kier molecular flexibility index (Phi) is 6.12. The van der Waals surface area contributed by atoms with Gasteiger partial charge in [0, 0.05) is 45.9 Å². The van der Waals surface area contributed by atoms with Crippen LogP contribution in [0, 0.1) is 0 Å². The van der Waals surface area contributed by atoms with Crippen LogP contribution in [0.15, 0.2) is 28.9 Å². The maximum atomic E-state index is 5.54. The van der Waals surface area contributed by atoms with Crippen molar-refractivity contribution in [2.45, 2.75) is 19.4 Å². The minimum atomic E-state index is 0.204. The molecular formula is C20H27N7O3. The lowest BCUT2D eigenvalue weighted by molar-refractivity contribution is 0.198. The molecule has 0 bridgehead atoms. The van der Waals surface area contributed by atoms with Crippen LogP contribution in [0.5, 0.6) is 5.75 Å². The van der Waals surface area contributed by atoms with E-state index in [1.165, 1.54) is 0 Å². The van der Waals surface area contributed by atoms with E-state index >= 15 is 0 Å². The predicted octanol–water partition coefficient (Wildman–Crippen LogP) is 2.18. The van der Waals surface area contributed by atoms with E-state index in [1.54, 1.807) is 14.2 Å². The number of anilines is 3. The Bertz CT molecular complexity index is 980. The average Bonchev–Trinajstić information content (AvgIpc) is 3.23. The van der Waals surface area contributed by atoms with Crippen molar-refractivity contribution < 1.29 is 14.1 Å². The van der Waals surface area contributed by atoms with E-state index in [1.807, 2.05) is 18.2 Å². The molecule has 1 aromatic carbocycles. The number of aromatic nitrogens is 4. The van der Waals surface area contributed by atoms with Gasteiger partial charge in [-0.25, -0.2) is 14.6 Å². The molecule has 0 unspecified atom stereocenters. The quantitative estimate of drug-likeness (QED) is 0.553. The average molecular weight is 413 g/mol. The third-order valence-corrected chi connectivity index (χ3v) is 5.24. The second-order valence-corrected chi connectivity index (χ2v) is 7.24. The summed E-state index contributed by atoms with van der Waals surface area (Å²) >= 11 is 0. The molecule has 1 saturated heterocycles. The summed E-state index contributed by atoms with van der Waals surface area (Å²) in [6.07, 6.45) is 0.865. The molecule has 0 amide bonds. The smallest absolute Gasteiger partial charge is 0.245 e. The van der Waals surface area contributed by atoms with Crippen LogP contribution >= 0.6 is 0 Å². The number of nitrogens with one attached hydrogen (secondary N) is 1. The predicted molar refractivity (Wildman–Crippen MR) is 114 cm³/mol. The first-order chi connectivity index (χ1) is 14.7. The summed E-state index contributed by atoms with van der Waals surface area (Å²) in [5.41, 5.74) is 1.91. The summed E-state index contributed by atoms with van der Waals surface area (Å²) in [5.74, 6) is 2.34. The van der Waals surface area contributed by atoms with E-state index in [0.29, 0.717) is 23.7 Å². The first-order valence-corrected chi connectivity index (χ1v) is 10.1. The van der Waals surface area contributed by atoms with Crippen molar-refractivity contribution in [3.8, 4) is 5.75 Å². The maximum absolute atomic E-state index is 5.54. The highest BCUT2D eigenvalue weighted by molar-refractivity contribution is 5.74. The molecule has 1 fully saturated rings. The zero-order valence-electron chi connectivity index (χ0n) is 17.5. The SMILES string of the molecule is COCCCNc1nc2nonc2nc1N1CCN(c2ccccc2OC)C[C@H]1C. The molecule has 4 rings (SSSR count). The third-order valence-electron chi connectivity index (χ3n) is 5.24. The molecule has 10 nitrogen and oxygen atoms in total.